The molecule has 1 aliphatic rings. The number of thiazole rings is 1. The molecular weight excluding hydrogens is 272 g/mol. The van der Waals surface area contributed by atoms with E-state index in [0.717, 1.165) is 0 Å². The third-order valence-electron chi connectivity index (χ3n) is 3.37. The number of hydrogen-bond donors (Lipinski definition) is 2. The van der Waals surface area contributed by atoms with Crippen LogP contribution in [0.15, 0.2) is 35.2 Å². The standard InChI is InChI=1S/C11H15N.C4H3NO2S/c1-12-11-8-4-6-9-5-2-3-7-10(9)11;6-4(7)3-1-8-2-5-3/h2-3,5,7,11-12H,4,6,8H2,1H3;1-2H,(H,6,7). The molecule has 1 atom stereocenters. The van der Waals surface area contributed by atoms with Gasteiger partial charge in [-0.25, -0.2) is 9.78 Å². The van der Waals surface area contributed by atoms with Crippen molar-refractivity contribution < 1.29 is 9.90 Å². The van der Waals surface area contributed by atoms with Gasteiger partial charge in [0.25, 0.3) is 0 Å². The van der Waals surface area contributed by atoms with Crippen LogP contribution in [0.2, 0.25) is 0 Å². The number of aromatic carboxylic acids is 1. The fourth-order valence-electron chi connectivity index (χ4n) is 2.37. The summed E-state index contributed by atoms with van der Waals surface area (Å²) in [5, 5.41) is 13.1. The molecule has 1 unspecified atom stereocenters. The van der Waals surface area contributed by atoms with Crippen LogP contribution in [-0.2, 0) is 6.42 Å². The normalized spacial score (nSPS) is 16.8. The van der Waals surface area contributed by atoms with Crippen LogP contribution in [0, 0.1) is 0 Å². The summed E-state index contributed by atoms with van der Waals surface area (Å²) in [5.41, 5.74) is 4.65. The van der Waals surface area contributed by atoms with Gasteiger partial charge in [0.05, 0.1) is 5.51 Å². The molecule has 0 amide bonds. The molecular formula is C15H18N2O2S. The average molecular weight is 290 g/mol. The van der Waals surface area contributed by atoms with E-state index in [2.05, 4.69) is 34.6 Å². The summed E-state index contributed by atoms with van der Waals surface area (Å²) < 4.78 is 0. The van der Waals surface area contributed by atoms with E-state index in [4.69, 9.17) is 5.11 Å². The van der Waals surface area contributed by atoms with Crippen molar-refractivity contribution in [2.45, 2.75) is 25.3 Å². The lowest BCUT2D eigenvalue weighted by atomic mass is 9.88. The van der Waals surface area contributed by atoms with Crippen LogP contribution in [0.3, 0.4) is 0 Å². The van der Waals surface area contributed by atoms with Gasteiger partial charge in [-0.2, -0.15) is 0 Å². The monoisotopic (exact) mass is 290 g/mol. The highest BCUT2D eigenvalue weighted by Crippen LogP contribution is 2.28. The van der Waals surface area contributed by atoms with Crippen LogP contribution in [0.25, 0.3) is 0 Å². The summed E-state index contributed by atoms with van der Waals surface area (Å²) >= 11 is 1.28. The Morgan fingerprint density at radius 2 is 2.25 bits per heavy atom. The maximum atomic E-state index is 10.0. The summed E-state index contributed by atoms with van der Waals surface area (Å²) in [5.74, 6) is -0.966. The number of carboxylic acid groups (broad SMARTS) is 1. The van der Waals surface area contributed by atoms with Gasteiger partial charge in [0.1, 0.15) is 0 Å². The Labute approximate surface area is 122 Å². The molecule has 2 N–H and O–H groups in total. The zero-order valence-corrected chi connectivity index (χ0v) is 12.2. The summed E-state index contributed by atoms with van der Waals surface area (Å²) in [6.45, 7) is 0. The molecule has 0 radical (unpaired) electrons. The maximum absolute atomic E-state index is 10.0. The van der Waals surface area contributed by atoms with Gasteiger partial charge in [0.2, 0.25) is 0 Å². The first-order valence-corrected chi connectivity index (χ1v) is 7.53. The van der Waals surface area contributed by atoms with Crippen LogP contribution in [-0.4, -0.2) is 23.1 Å². The molecule has 1 aromatic carbocycles. The summed E-state index contributed by atoms with van der Waals surface area (Å²) in [7, 11) is 2.05. The number of fused-ring (bicyclic) bond motifs is 1. The van der Waals surface area contributed by atoms with Gasteiger partial charge in [-0.15, -0.1) is 11.3 Å². The van der Waals surface area contributed by atoms with Gasteiger partial charge in [0.15, 0.2) is 5.69 Å². The molecule has 1 aliphatic carbocycles. The Balaban J connectivity index is 0.000000160. The Hall–Kier alpha value is -1.72. The van der Waals surface area contributed by atoms with Gasteiger partial charge in [0, 0.05) is 11.4 Å². The minimum absolute atomic E-state index is 0.120. The highest BCUT2D eigenvalue weighted by atomic mass is 32.1. The van der Waals surface area contributed by atoms with E-state index in [-0.39, 0.29) is 5.69 Å². The van der Waals surface area contributed by atoms with E-state index in [0.29, 0.717) is 6.04 Å². The average Bonchev–Trinajstić information content (AvgIpc) is 3.02. The summed E-state index contributed by atoms with van der Waals surface area (Å²) in [6.07, 6.45) is 3.87. The molecule has 0 fully saturated rings. The Kier molecular flexibility index (Phi) is 5.26. The number of nitrogens with one attached hydrogen (secondary N) is 1. The molecule has 0 saturated heterocycles. The first-order chi connectivity index (χ1) is 9.72. The highest BCUT2D eigenvalue weighted by molar-refractivity contribution is 7.07. The molecule has 5 heteroatoms. The molecule has 0 bridgehead atoms. The molecule has 106 valence electrons. The van der Waals surface area contributed by atoms with Gasteiger partial charge in [-0.1, -0.05) is 24.3 Å². The van der Waals surface area contributed by atoms with Crippen molar-refractivity contribution in [3.8, 4) is 0 Å². The topological polar surface area (TPSA) is 62.2 Å². The SMILES string of the molecule is CNC1CCCc2ccccc21.O=C(O)c1cscn1. The Morgan fingerprint density at radius 1 is 1.45 bits per heavy atom. The molecule has 3 rings (SSSR count). The van der Waals surface area contributed by atoms with Gasteiger partial charge in [-0.05, 0) is 37.4 Å². The minimum atomic E-state index is -0.966. The van der Waals surface area contributed by atoms with Crippen molar-refractivity contribution in [2.75, 3.05) is 7.05 Å². The van der Waals surface area contributed by atoms with Crippen molar-refractivity contribution in [3.63, 3.8) is 0 Å². The molecule has 1 aromatic heterocycles. The molecule has 0 saturated carbocycles. The van der Waals surface area contributed by atoms with Crippen LogP contribution >= 0.6 is 11.3 Å². The minimum Gasteiger partial charge on any atom is -0.476 e. The lowest BCUT2D eigenvalue weighted by molar-refractivity contribution is 0.0691. The second kappa shape index (κ2) is 7.17. The molecule has 0 aliphatic heterocycles. The number of carboxylic acids is 1. The van der Waals surface area contributed by atoms with Gasteiger partial charge >= 0.3 is 5.97 Å². The predicted molar refractivity (Wildman–Crippen MR) is 80.3 cm³/mol. The van der Waals surface area contributed by atoms with E-state index in [1.807, 2.05) is 7.05 Å². The number of benzene rings is 1. The first-order valence-electron chi connectivity index (χ1n) is 6.59. The molecule has 20 heavy (non-hydrogen) atoms. The smallest absolute Gasteiger partial charge is 0.355 e. The fraction of sp³-hybridized carbons (Fsp3) is 0.333. The number of carbonyl (C=O) groups is 1. The number of rotatable bonds is 2. The van der Waals surface area contributed by atoms with E-state index in [9.17, 15) is 4.79 Å². The largest absolute Gasteiger partial charge is 0.476 e. The van der Waals surface area contributed by atoms with Crippen molar-refractivity contribution in [1.29, 1.82) is 0 Å². The first kappa shape index (κ1) is 14.7. The van der Waals surface area contributed by atoms with E-state index in [1.165, 1.54) is 52.6 Å². The highest BCUT2D eigenvalue weighted by Gasteiger charge is 2.16. The lowest BCUT2D eigenvalue weighted by Crippen LogP contribution is -2.21. The van der Waals surface area contributed by atoms with Crippen LogP contribution in [0.4, 0.5) is 0 Å². The van der Waals surface area contributed by atoms with Crippen LogP contribution in [0.5, 0.6) is 0 Å². The molecule has 4 nitrogen and oxygen atoms in total. The molecule has 1 heterocycles. The third-order valence-corrected chi connectivity index (χ3v) is 3.96. The predicted octanol–water partition coefficient (Wildman–Crippen LogP) is 3.12. The zero-order chi connectivity index (χ0) is 14.4. The quantitative estimate of drug-likeness (QED) is 0.892. The molecule has 2 aromatic rings. The number of aryl methyl sites for hydroxylation is 1. The lowest BCUT2D eigenvalue weighted by Gasteiger charge is -2.24. The van der Waals surface area contributed by atoms with Crippen molar-refractivity contribution >= 4 is 17.3 Å². The van der Waals surface area contributed by atoms with Gasteiger partial charge in [-0.3, -0.25) is 0 Å². The second-order valence-electron chi connectivity index (χ2n) is 4.61. The summed E-state index contributed by atoms with van der Waals surface area (Å²) in [6, 6.07) is 9.36. The summed E-state index contributed by atoms with van der Waals surface area (Å²) in [4.78, 5) is 13.5. The zero-order valence-electron chi connectivity index (χ0n) is 11.4. The fourth-order valence-corrected chi connectivity index (χ4v) is 2.90. The van der Waals surface area contributed by atoms with E-state index in [1.54, 1.807) is 0 Å². The van der Waals surface area contributed by atoms with Crippen molar-refractivity contribution in [2.24, 2.45) is 0 Å². The number of aromatic nitrogens is 1. The number of hydrogen-bond acceptors (Lipinski definition) is 4. The van der Waals surface area contributed by atoms with E-state index < -0.39 is 5.97 Å². The van der Waals surface area contributed by atoms with Gasteiger partial charge < -0.3 is 10.4 Å². The van der Waals surface area contributed by atoms with Crippen molar-refractivity contribution in [1.82, 2.24) is 10.3 Å². The Bertz CT molecular complexity index is 555. The van der Waals surface area contributed by atoms with Crippen LogP contribution < -0.4 is 5.32 Å². The van der Waals surface area contributed by atoms with Crippen LogP contribution in [0.1, 0.15) is 40.5 Å². The molecule has 0 spiro atoms. The van der Waals surface area contributed by atoms with E-state index >= 15 is 0 Å². The van der Waals surface area contributed by atoms with Crippen molar-refractivity contribution in [3.05, 3.63) is 52.0 Å². The Morgan fingerprint density at radius 3 is 2.85 bits per heavy atom. The maximum Gasteiger partial charge on any atom is 0.355 e. The second-order valence-corrected chi connectivity index (χ2v) is 5.33. The third kappa shape index (κ3) is 3.65. The number of nitrogens with zero attached hydrogens (tertiary/aromatic N) is 1.